The minimum absolute atomic E-state index is 0.0152. The summed E-state index contributed by atoms with van der Waals surface area (Å²) in [5.41, 5.74) is 0.587. The molecule has 3 rings (SSSR count). The van der Waals surface area contributed by atoms with Crippen molar-refractivity contribution in [1.29, 1.82) is 0 Å². The van der Waals surface area contributed by atoms with Gasteiger partial charge in [-0.3, -0.25) is 9.78 Å². The molecule has 1 amide bonds. The summed E-state index contributed by atoms with van der Waals surface area (Å²) >= 11 is 0. The number of rotatable bonds is 5. The number of sulfonamides is 1. The van der Waals surface area contributed by atoms with Crippen LogP contribution in [0.25, 0.3) is 0 Å². The fourth-order valence-electron chi connectivity index (χ4n) is 2.60. The predicted octanol–water partition coefficient (Wildman–Crippen LogP) is 1.09. The summed E-state index contributed by atoms with van der Waals surface area (Å²) in [6.45, 7) is 1.03. The Bertz CT molecular complexity index is 798. The fourth-order valence-corrected chi connectivity index (χ4v) is 4.05. The monoisotopic (exact) mass is 349 g/mol. The summed E-state index contributed by atoms with van der Waals surface area (Å²) in [5.74, 6) is -0.276. The second-order valence-electron chi connectivity index (χ2n) is 5.64. The Kier molecular flexibility index (Phi) is 4.91. The van der Waals surface area contributed by atoms with Gasteiger partial charge in [-0.2, -0.15) is 4.31 Å². The molecule has 24 heavy (non-hydrogen) atoms. The maximum atomic E-state index is 12.5. The van der Waals surface area contributed by atoms with Crippen molar-refractivity contribution in [2.75, 3.05) is 18.4 Å². The molecule has 0 aliphatic carbocycles. The molecule has 8 nitrogen and oxygen atoms in total. The van der Waals surface area contributed by atoms with Crippen molar-refractivity contribution in [3.8, 4) is 0 Å². The van der Waals surface area contributed by atoms with Crippen molar-refractivity contribution in [2.45, 2.75) is 30.8 Å². The Morgan fingerprint density at radius 2 is 2.04 bits per heavy atom. The highest BCUT2D eigenvalue weighted by atomic mass is 32.2. The van der Waals surface area contributed by atoms with Gasteiger partial charge in [-0.25, -0.2) is 13.4 Å². The first-order valence-corrected chi connectivity index (χ1v) is 9.21. The number of hydrogen-bond acceptors (Lipinski definition) is 5. The highest BCUT2D eigenvalue weighted by molar-refractivity contribution is 7.89. The molecule has 1 aliphatic rings. The number of pyridine rings is 1. The lowest BCUT2D eigenvalue weighted by Gasteiger charge is -2.24. The first-order chi connectivity index (χ1) is 11.6. The molecule has 0 unspecified atom stereocenters. The second kappa shape index (κ2) is 7.10. The summed E-state index contributed by atoms with van der Waals surface area (Å²) in [4.78, 5) is 19.9. The Hall–Kier alpha value is -2.26. The number of carbonyl (C=O) groups excluding carboxylic acids is 1. The first kappa shape index (κ1) is 16.6. The average Bonchev–Trinajstić information content (AvgIpc) is 3.05. The number of hydrogen-bond donors (Lipinski definition) is 1. The molecule has 2 aromatic heterocycles. The molecule has 128 valence electrons. The molecule has 3 heterocycles. The van der Waals surface area contributed by atoms with Gasteiger partial charge in [-0.1, -0.05) is 6.42 Å². The first-order valence-electron chi connectivity index (χ1n) is 7.77. The summed E-state index contributed by atoms with van der Waals surface area (Å²) in [6, 6.07) is 3.45. The molecule has 9 heteroatoms. The van der Waals surface area contributed by atoms with E-state index in [1.807, 2.05) is 0 Å². The van der Waals surface area contributed by atoms with Gasteiger partial charge in [0.2, 0.25) is 5.91 Å². The zero-order valence-corrected chi connectivity index (χ0v) is 13.9. The zero-order valence-electron chi connectivity index (χ0n) is 13.1. The molecule has 1 N–H and O–H groups in total. The highest BCUT2D eigenvalue weighted by Gasteiger charge is 2.28. The van der Waals surface area contributed by atoms with Crippen LogP contribution in [0.3, 0.4) is 0 Å². The molecule has 0 spiro atoms. The Morgan fingerprint density at radius 3 is 2.75 bits per heavy atom. The predicted molar refractivity (Wildman–Crippen MR) is 87.7 cm³/mol. The third-order valence-corrected chi connectivity index (χ3v) is 5.58. The number of aromatic nitrogens is 3. The smallest absolute Gasteiger partial charge is 0.262 e. The Balaban J connectivity index is 1.65. The van der Waals surface area contributed by atoms with E-state index in [1.165, 1.54) is 27.6 Å². The lowest BCUT2D eigenvalue weighted by molar-refractivity contribution is -0.116. The molecule has 1 saturated heterocycles. The van der Waals surface area contributed by atoms with E-state index in [0.717, 1.165) is 19.3 Å². The summed E-state index contributed by atoms with van der Waals surface area (Å²) in [6.07, 6.45) is 8.70. The van der Waals surface area contributed by atoms with Crippen LogP contribution in [0.2, 0.25) is 0 Å². The van der Waals surface area contributed by atoms with Crippen molar-refractivity contribution in [2.24, 2.45) is 0 Å². The summed E-state index contributed by atoms with van der Waals surface area (Å²) < 4.78 is 28.0. The maximum absolute atomic E-state index is 12.5. The van der Waals surface area contributed by atoms with Gasteiger partial charge >= 0.3 is 0 Å². The second-order valence-corrected chi connectivity index (χ2v) is 7.52. The number of amides is 1. The van der Waals surface area contributed by atoms with E-state index in [9.17, 15) is 13.2 Å². The zero-order chi connectivity index (χ0) is 17.0. The van der Waals surface area contributed by atoms with Crippen molar-refractivity contribution < 1.29 is 13.2 Å². The van der Waals surface area contributed by atoms with E-state index >= 15 is 0 Å². The van der Waals surface area contributed by atoms with Gasteiger partial charge in [0.05, 0.1) is 18.2 Å². The van der Waals surface area contributed by atoms with E-state index in [0.29, 0.717) is 18.8 Å². The largest absolute Gasteiger partial charge is 0.327 e. The molecule has 0 saturated carbocycles. The van der Waals surface area contributed by atoms with Gasteiger partial charge in [0.1, 0.15) is 6.54 Å². The number of carbonyl (C=O) groups is 1. The normalized spacial score (nSPS) is 16.0. The van der Waals surface area contributed by atoms with Crippen LogP contribution in [0, 0.1) is 0 Å². The Morgan fingerprint density at radius 1 is 1.25 bits per heavy atom. The van der Waals surface area contributed by atoms with Crippen LogP contribution in [0.15, 0.2) is 42.1 Å². The number of anilines is 1. The minimum Gasteiger partial charge on any atom is -0.327 e. The van der Waals surface area contributed by atoms with Gasteiger partial charge < -0.3 is 9.88 Å². The van der Waals surface area contributed by atoms with E-state index in [-0.39, 0.29) is 17.5 Å². The number of nitrogens with zero attached hydrogens (tertiary/aromatic N) is 4. The SMILES string of the molecule is O=C(Cn1cnc(S(=O)(=O)N2CCCCC2)c1)Nc1cccnc1. The molecular weight excluding hydrogens is 330 g/mol. The molecule has 0 atom stereocenters. The highest BCUT2D eigenvalue weighted by Crippen LogP contribution is 2.19. The van der Waals surface area contributed by atoms with Crippen molar-refractivity contribution >= 4 is 21.6 Å². The molecular formula is C15H19N5O3S. The van der Waals surface area contributed by atoms with Crippen molar-refractivity contribution in [1.82, 2.24) is 18.8 Å². The number of nitrogens with one attached hydrogen (secondary N) is 1. The van der Waals surface area contributed by atoms with E-state index in [4.69, 9.17) is 0 Å². The van der Waals surface area contributed by atoms with Crippen molar-refractivity contribution in [3.63, 3.8) is 0 Å². The van der Waals surface area contributed by atoms with Crippen LogP contribution in [-0.4, -0.2) is 46.3 Å². The third kappa shape index (κ3) is 3.80. The van der Waals surface area contributed by atoms with Crippen LogP contribution < -0.4 is 5.32 Å². The molecule has 0 aromatic carbocycles. The molecule has 0 radical (unpaired) electrons. The third-order valence-electron chi connectivity index (χ3n) is 3.80. The van der Waals surface area contributed by atoms with Crippen LogP contribution >= 0.6 is 0 Å². The number of imidazole rings is 1. The van der Waals surface area contributed by atoms with Gasteiger partial charge in [0.25, 0.3) is 10.0 Å². The molecule has 1 aliphatic heterocycles. The van der Waals surface area contributed by atoms with E-state index in [2.05, 4.69) is 15.3 Å². The van der Waals surface area contributed by atoms with Crippen molar-refractivity contribution in [3.05, 3.63) is 37.1 Å². The topological polar surface area (TPSA) is 97.2 Å². The molecule has 2 aromatic rings. The number of piperidine rings is 1. The van der Waals surface area contributed by atoms with E-state index in [1.54, 1.807) is 18.3 Å². The van der Waals surface area contributed by atoms with Gasteiger partial charge in [0.15, 0.2) is 5.03 Å². The quantitative estimate of drug-likeness (QED) is 0.871. The van der Waals surface area contributed by atoms with Crippen LogP contribution in [0.1, 0.15) is 19.3 Å². The van der Waals surface area contributed by atoms with Gasteiger partial charge in [0, 0.05) is 25.5 Å². The van der Waals surface area contributed by atoms with Crippen LogP contribution in [-0.2, 0) is 21.4 Å². The standard InChI is InChI=1S/C15H19N5O3S/c21-14(18-13-5-4-6-16-9-13)10-19-11-15(17-12-19)24(22,23)20-7-2-1-3-8-20/h4-6,9,11-12H,1-3,7-8,10H2,(H,18,21). The lowest BCUT2D eigenvalue weighted by Crippen LogP contribution is -2.35. The molecule has 0 bridgehead atoms. The Labute approximate surface area is 140 Å². The van der Waals surface area contributed by atoms with Gasteiger partial charge in [-0.05, 0) is 25.0 Å². The lowest BCUT2D eigenvalue weighted by atomic mass is 10.2. The average molecular weight is 349 g/mol. The van der Waals surface area contributed by atoms with Crippen LogP contribution in [0.5, 0.6) is 0 Å². The fraction of sp³-hybridized carbons (Fsp3) is 0.400. The minimum atomic E-state index is -3.58. The van der Waals surface area contributed by atoms with Crippen LogP contribution in [0.4, 0.5) is 5.69 Å². The summed E-state index contributed by atoms with van der Waals surface area (Å²) in [5, 5.41) is 2.68. The maximum Gasteiger partial charge on any atom is 0.262 e. The van der Waals surface area contributed by atoms with E-state index < -0.39 is 10.0 Å². The summed E-state index contributed by atoms with van der Waals surface area (Å²) in [7, 11) is -3.58. The van der Waals surface area contributed by atoms with Gasteiger partial charge in [-0.15, -0.1) is 0 Å². The molecule has 1 fully saturated rings.